The quantitative estimate of drug-likeness (QED) is 0.480. The Bertz CT molecular complexity index is 836. The number of anilines is 1. The summed E-state index contributed by atoms with van der Waals surface area (Å²) in [6.45, 7) is 6.16. The summed E-state index contributed by atoms with van der Waals surface area (Å²) in [5.74, 6) is 0.939. The maximum Gasteiger partial charge on any atom is 0.119 e. The van der Waals surface area contributed by atoms with Gasteiger partial charge in [0.1, 0.15) is 5.75 Å². The fraction of sp³-hybridized carbons (Fsp3) is 0.280. The molecule has 0 atom stereocenters. The predicted molar refractivity (Wildman–Crippen MR) is 131 cm³/mol. The summed E-state index contributed by atoms with van der Waals surface area (Å²) in [5.41, 5.74) is 4.05. The molecule has 0 radical (unpaired) electrons. The molecule has 0 bridgehead atoms. The van der Waals surface area contributed by atoms with Gasteiger partial charge in [0.15, 0.2) is 0 Å². The highest BCUT2D eigenvalue weighted by Crippen LogP contribution is 2.17. The second kappa shape index (κ2) is 12.5. The average molecular weight is 445 g/mol. The van der Waals surface area contributed by atoms with Gasteiger partial charge < -0.3 is 9.64 Å². The molecule has 160 valence electrons. The van der Waals surface area contributed by atoms with E-state index in [9.17, 15) is 0 Å². The molecule has 0 saturated carbocycles. The van der Waals surface area contributed by atoms with Gasteiger partial charge in [-0.2, -0.15) is 0 Å². The van der Waals surface area contributed by atoms with Crippen molar-refractivity contribution in [1.82, 2.24) is 4.90 Å². The fourth-order valence-electron chi connectivity index (χ4n) is 3.68. The first kappa shape index (κ1) is 24.1. The van der Waals surface area contributed by atoms with E-state index < -0.39 is 0 Å². The highest BCUT2D eigenvalue weighted by molar-refractivity contribution is 5.85. The molecule has 1 saturated heterocycles. The number of piperazine rings is 1. The molecule has 4 rings (SSSR count). The van der Waals surface area contributed by atoms with Gasteiger partial charge in [-0.1, -0.05) is 60.7 Å². The molecule has 1 aliphatic heterocycles. The molecule has 0 spiro atoms. The van der Waals surface area contributed by atoms with Crippen LogP contribution in [0.5, 0.6) is 5.75 Å². The van der Waals surface area contributed by atoms with E-state index in [2.05, 4.69) is 64.4 Å². The number of hydrogen-bond acceptors (Lipinski definition) is 3. The van der Waals surface area contributed by atoms with Gasteiger partial charge in [0.25, 0.3) is 0 Å². The van der Waals surface area contributed by atoms with Crippen molar-refractivity contribution in [2.45, 2.75) is 13.0 Å². The van der Waals surface area contributed by atoms with E-state index in [1.165, 1.54) is 16.8 Å². The van der Waals surface area contributed by atoms with Gasteiger partial charge in [-0.15, -0.1) is 24.8 Å². The molecule has 0 N–H and O–H groups in total. The fourth-order valence-corrected chi connectivity index (χ4v) is 3.68. The molecular weight excluding hydrogens is 415 g/mol. The minimum atomic E-state index is 0. The van der Waals surface area contributed by atoms with Gasteiger partial charge in [0.2, 0.25) is 0 Å². The van der Waals surface area contributed by atoms with E-state index in [1.807, 2.05) is 30.3 Å². The smallest absolute Gasteiger partial charge is 0.119 e. The number of nitrogens with zero attached hydrogens (tertiary/aromatic N) is 2. The third-order valence-electron chi connectivity index (χ3n) is 5.33. The van der Waals surface area contributed by atoms with Crippen molar-refractivity contribution in [2.75, 3.05) is 37.7 Å². The maximum absolute atomic E-state index is 5.80. The number of rotatable bonds is 7. The molecule has 1 fully saturated rings. The third-order valence-corrected chi connectivity index (χ3v) is 5.33. The van der Waals surface area contributed by atoms with Crippen LogP contribution < -0.4 is 9.64 Å². The second-order valence-corrected chi connectivity index (χ2v) is 7.33. The minimum Gasteiger partial charge on any atom is -0.493 e. The second-order valence-electron chi connectivity index (χ2n) is 7.33. The summed E-state index contributed by atoms with van der Waals surface area (Å²) < 4.78 is 5.80. The van der Waals surface area contributed by atoms with Crippen LogP contribution in [0.15, 0.2) is 84.9 Å². The molecule has 30 heavy (non-hydrogen) atoms. The van der Waals surface area contributed by atoms with Crippen LogP contribution in [-0.4, -0.2) is 37.7 Å². The van der Waals surface area contributed by atoms with E-state index in [0.29, 0.717) is 6.61 Å². The minimum absolute atomic E-state index is 0. The summed E-state index contributed by atoms with van der Waals surface area (Å²) in [6, 6.07) is 29.8. The average Bonchev–Trinajstić information content (AvgIpc) is 2.77. The number of hydrogen-bond donors (Lipinski definition) is 0. The summed E-state index contributed by atoms with van der Waals surface area (Å²) in [5, 5.41) is 0. The Kier molecular flexibility index (Phi) is 10.0. The first-order chi connectivity index (χ1) is 13.9. The first-order valence-corrected chi connectivity index (χ1v) is 10.1. The van der Waals surface area contributed by atoms with Crippen LogP contribution in [0.1, 0.15) is 11.1 Å². The lowest BCUT2D eigenvalue weighted by molar-refractivity contribution is 0.250. The van der Waals surface area contributed by atoms with Gasteiger partial charge in [-0.3, -0.25) is 4.90 Å². The van der Waals surface area contributed by atoms with E-state index in [4.69, 9.17) is 4.74 Å². The highest BCUT2D eigenvalue weighted by Gasteiger charge is 2.17. The topological polar surface area (TPSA) is 15.7 Å². The van der Waals surface area contributed by atoms with Crippen LogP contribution in [0.2, 0.25) is 0 Å². The molecular formula is C25H30Cl2N2O. The van der Waals surface area contributed by atoms with Crippen LogP contribution in [-0.2, 0) is 13.0 Å². The molecule has 0 amide bonds. The van der Waals surface area contributed by atoms with Crippen LogP contribution in [0.25, 0.3) is 0 Å². The van der Waals surface area contributed by atoms with Crippen LogP contribution >= 0.6 is 24.8 Å². The Labute approximate surface area is 192 Å². The predicted octanol–water partition coefficient (Wildman–Crippen LogP) is 5.47. The molecule has 1 aliphatic rings. The number of para-hydroxylation sites is 2. The molecule has 0 aromatic heterocycles. The van der Waals surface area contributed by atoms with Gasteiger partial charge in [-0.25, -0.2) is 0 Å². The number of halogens is 2. The summed E-state index contributed by atoms with van der Waals surface area (Å²) in [4.78, 5) is 5.03. The van der Waals surface area contributed by atoms with Crippen molar-refractivity contribution in [1.29, 1.82) is 0 Å². The SMILES string of the molecule is Cl.Cl.c1ccc(OCCc2ccc(CN3CCN(c4ccccc4)CC3)cc2)cc1. The monoisotopic (exact) mass is 444 g/mol. The number of benzene rings is 3. The molecule has 0 unspecified atom stereocenters. The van der Waals surface area contributed by atoms with E-state index in [-0.39, 0.29) is 24.8 Å². The van der Waals surface area contributed by atoms with Gasteiger partial charge >= 0.3 is 0 Å². The Hall–Kier alpha value is -2.20. The van der Waals surface area contributed by atoms with Crippen molar-refractivity contribution in [3.63, 3.8) is 0 Å². The molecule has 3 nitrogen and oxygen atoms in total. The Morgan fingerprint density at radius 1 is 0.633 bits per heavy atom. The van der Waals surface area contributed by atoms with Gasteiger partial charge in [-0.05, 0) is 35.4 Å². The van der Waals surface area contributed by atoms with E-state index >= 15 is 0 Å². The number of ether oxygens (including phenoxy) is 1. The van der Waals surface area contributed by atoms with Crippen molar-refractivity contribution in [3.05, 3.63) is 96.1 Å². The van der Waals surface area contributed by atoms with E-state index in [1.54, 1.807) is 0 Å². The lowest BCUT2D eigenvalue weighted by Gasteiger charge is -2.36. The summed E-state index contributed by atoms with van der Waals surface area (Å²) in [6.07, 6.45) is 0.935. The zero-order valence-corrected chi connectivity index (χ0v) is 18.8. The third kappa shape index (κ3) is 6.94. The van der Waals surface area contributed by atoms with Crippen molar-refractivity contribution in [3.8, 4) is 5.75 Å². The summed E-state index contributed by atoms with van der Waals surface area (Å²) in [7, 11) is 0. The highest BCUT2D eigenvalue weighted by atomic mass is 35.5. The molecule has 5 heteroatoms. The summed E-state index contributed by atoms with van der Waals surface area (Å²) >= 11 is 0. The van der Waals surface area contributed by atoms with Crippen LogP contribution in [0.3, 0.4) is 0 Å². The van der Waals surface area contributed by atoms with Gasteiger partial charge in [0, 0.05) is 44.8 Å². The standard InChI is InChI=1S/C25H28N2O.2ClH/c1-3-7-24(8-4-1)27-18-16-26(17-19-27)21-23-13-11-22(12-14-23)15-20-28-25-9-5-2-6-10-25;;/h1-14H,15-21H2;2*1H. The molecule has 3 aromatic carbocycles. The van der Waals surface area contributed by atoms with Crippen molar-refractivity contribution < 1.29 is 4.74 Å². The van der Waals surface area contributed by atoms with Crippen molar-refractivity contribution >= 4 is 30.5 Å². The Morgan fingerprint density at radius 3 is 1.83 bits per heavy atom. The lowest BCUT2D eigenvalue weighted by atomic mass is 10.1. The zero-order valence-electron chi connectivity index (χ0n) is 17.2. The maximum atomic E-state index is 5.80. The molecule has 0 aliphatic carbocycles. The lowest BCUT2D eigenvalue weighted by Crippen LogP contribution is -2.45. The van der Waals surface area contributed by atoms with Crippen molar-refractivity contribution in [2.24, 2.45) is 0 Å². The normalized spacial score (nSPS) is 13.8. The Morgan fingerprint density at radius 2 is 1.20 bits per heavy atom. The first-order valence-electron chi connectivity index (χ1n) is 10.1. The molecule has 1 heterocycles. The van der Waals surface area contributed by atoms with E-state index in [0.717, 1.165) is 44.9 Å². The zero-order chi connectivity index (χ0) is 19.0. The Balaban J connectivity index is 0.00000160. The van der Waals surface area contributed by atoms with Crippen LogP contribution in [0, 0.1) is 0 Å². The largest absolute Gasteiger partial charge is 0.493 e. The molecule has 3 aromatic rings. The van der Waals surface area contributed by atoms with Gasteiger partial charge in [0.05, 0.1) is 6.61 Å². The van der Waals surface area contributed by atoms with Crippen LogP contribution in [0.4, 0.5) is 5.69 Å².